The van der Waals surface area contributed by atoms with Crippen LogP contribution >= 0.6 is 0 Å². The molecular weight excluding hydrogens is 276 g/mol. The van der Waals surface area contributed by atoms with Gasteiger partial charge in [0.1, 0.15) is 5.60 Å². The lowest BCUT2D eigenvalue weighted by molar-refractivity contribution is -0.112. The van der Waals surface area contributed by atoms with E-state index in [9.17, 15) is 0 Å². The predicted molar refractivity (Wildman–Crippen MR) is 86.8 cm³/mol. The second-order valence-corrected chi connectivity index (χ2v) is 7.38. The third kappa shape index (κ3) is 2.40. The molecular formula is C19H28O3. The van der Waals surface area contributed by atoms with Crippen molar-refractivity contribution in [3.8, 4) is 0 Å². The van der Waals surface area contributed by atoms with Gasteiger partial charge in [0.05, 0.1) is 24.4 Å². The molecule has 2 aliphatic rings. The lowest BCUT2D eigenvalue weighted by atomic mass is 9.73. The minimum Gasteiger partial charge on any atom is -0.378 e. The summed E-state index contributed by atoms with van der Waals surface area (Å²) >= 11 is 0. The summed E-state index contributed by atoms with van der Waals surface area (Å²) in [5.41, 5.74) is 2.12. The molecule has 2 heterocycles. The van der Waals surface area contributed by atoms with E-state index in [1.165, 1.54) is 11.1 Å². The van der Waals surface area contributed by atoms with Gasteiger partial charge in [0.2, 0.25) is 0 Å². The van der Waals surface area contributed by atoms with Gasteiger partial charge in [0.25, 0.3) is 0 Å². The van der Waals surface area contributed by atoms with Crippen molar-refractivity contribution >= 4 is 0 Å². The molecule has 0 spiro atoms. The molecule has 0 aromatic heterocycles. The molecule has 0 aliphatic carbocycles. The van der Waals surface area contributed by atoms with Crippen LogP contribution in [0.5, 0.6) is 0 Å². The molecule has 22 heavy (non-hydrogen) atoms. The van der Waals surface area contributed by atoms with Gasteiger partial charge in [-0.3, -0.25) is 0 Å². The van der Waals surface area contributed by atoms with Crippen molar-refractivity contribution < 1.29 is 14.2 Å². The Bertz CT molecular complexity index is 541. The van der Waals surface area contributed by atoms with Gasteiger partial charge in [-0.25, -0.2) is 0 Å². The fourth-order valence-corrected chi connectivity index (χ4v) is 4.16. The van der Waals surface area contributed by atoms with E-state index in [0.717, 1.165) is 12.8 Å². The van der Waals surface area contributed by atoms with E-state index in [1.807, 2.05) is 0 Å². The van der Waals surface area contributed by atoms with Crippen LogP contribution in [0.4, 0.5) is 0 Å². The van der Waals surface area contributed by atoms with E-state index in [0.29, 0.717) is 12.5 Å². The molecule has 1 aromatic carbocycles. The van der Waals surface area contributed by atoms with Gasteiger partial charge in [-0.2, -0.15) is 0 Å². The lowest BCUT2D eigenvalue weighted by Crippen LogP contribution is -2.48. The van der Waals surface area contributed by atoms with Crippen molar-refractivity contribution in [3.63, 3.8) is 0 Å². The summed E-state index contributed by atoms with van der Waals surface area (Å²) in [6, 6.07) is 8.41. The maximum atomic E-state index is 6.49. The first-order chi connectivity index (χ1) is 10.4. The molecule has 2 saturated heterocycles. The van der Waals surface area contributed by atoms with Crippen LogP contribution < -0.4 is 0 Å². The molecule has 0 saturated carbocycles. The Labute approximate surface area is 134 Å². The molecule has 2 bridgehead atoms. The number of hydrogen-bond acceptors (Lipinski definition) is 3. The lowest BCUT2D eigenvalue weighted by Gasteiger charge is -2.37. The summed E-state index contributed by atoms with van der Waals surface area (Å²) in [6.45, 7) is 9.41. The van der Waals surface area contributed by atoms with Gasteiger partial charge in [0, 0.05) is 20.0 Å². The molecule has 122 valence electrons. The number of ether oxygens (including phenoxy) is 3. The van der Waals surface area contributed by atoms with Crippen LogP contribution in [0.2, 0.25) is 0 Å². The topological polar surface area (TPSA) is 27.7 Å². The smallest absolute Gasteiger partial charge is 0.100 e. The van der Waals surface area contributed by atoms with Crippen LogP contribution in [0, 0.1) is 12.8 Å². The number of hydrogen-bond donors (Lipinski definition) is 0. The quantitative estimate of drug-likeness (QED) is 0.826. The second-order valence-electron chi connectivity index (χ2n) is 7.38. The number of fused-ring (bicyclic) bond motifs is 2. The van der Waals surface area contributed by atoms with Gasteiger partial charge in [-0.05, 0) is 30.9 Å². The van der Waals surface area contributed by atoms with E-state index in [1.54, 1.807) is 7.11 Å². The van der Waals surface area contributed by atoms with Crippen molar-refractivity contribution in [1.82, 2.24) is 0 Å². The summed E-state index contributed by atoms with van der Waals surface area (Å²) < 4.78 is 18.5. The number of aryl methyl sites for hydroxylation is 1. The zero-order chi connectivity index (χ0) is 16.0. The Morgan fingerprint density at radius 2 is 1.95 bits per heavy atom. The molecule has 1 aromatic rings. The van der Waals surface area contributed by atoms with E-state index in [-0.39, 0.29) is 23.4 Å². The average Bonchev–Trinajstić information content (AvgIpc) is 2.95. The predicted octanol–water partition coefficient (Wildman–Crippen LogP) is 3.87. The first kappa shape index (κ1) is 16.0. The normalized spacial score (nSPS) is 37.2. The van der Waals surface area contributed by atoms with Gasteiger partial charge in [-0.15, -0.1) is 0 Å². The first-order valence-corrected chi connectivity index (χ1v) is 8.30. The van der Waals surface area contributed by atoms with Crippen LogP contribution in [-0.4, -0.2) is 30.5 Å². The zero-order valence-electron chi connectivity index (χ0n) is 14.4. The van der Waals surface area contributed by atoms with Gasteiger partial charge < -0.3 is 14.2 Å². The van der Waals surface area contributed by atoms with Crippen molar-refractivity contribution in [2.24, 2.45) is 5.92 Å². The minimum absolute atomic E-state index is 0.140. The summed E-state index contributed by atoms with van der Waals surface area (Å²) in [7, 11) is 1.80. The molecule has 0 N–H and O–H groups in total. The van der Waals surface area contributed by atoms with Gasteiger partial charge >= 0.3 is 0 Å². The van der Waals surface area contributed by atoms with Crippen LogP contribution in [0.15, 0.2) is 24.3 Å². The number of benzene rings is 1. The monoisotopic (exact) mass is 304 g/mol. The maximum Gasteiger partial charge on any atom is 0.100 e. The molecule has 0 amide bonds. The standard InChI is InChI=1S/C19H28O3/c1-13(2)19-11-16(18(4,22-19)10-17(19)20-5)21-12-15-9-7-6-8-14(15)3/h6-9,13,16-17H,10-12H2,1-5H3/t16-,17+,18+,19-/m1/s1. The van der Waals surface area contributed by atoms with E-state index in [4.69, 9.17) is 14.2 Å². The molecule has 2 aliphatic heterocycles. The third-order valence-electron chi connectivity index (χ3n) is 5.71. The molecule has 3 heteroatoms. The highest BCUT2D eigenvalue weighted by molar-refractivity contribution is 5.25. The largest absolute Gasteiger partial charge is 0.378 e. The van der Waals surface area contributed by atoms with Crippen LogP contribution in [0.25, 0.3) is 0 Å². The van der Waals surface area contributed by atoms with Crippen LogP contribution in [-0.2, 0) is 20.8 Å². The molecule has 4 atom stereocenters. The molecule has 2 fully saturated rings. The molecule has 3 nitrogen and oxygen atoms in total. The van der Waals surface area contributed by atoms with Crippen molar-refractivity contribution in [2.45, 2.75) is 70.6 Å². The fourth-order valence-electron chi connectivity index (χ4n) is 4.16. The Balaban J connectivity index is 1.74. The highest BCUT2D eigenvalue weighted by Gasteiger charge is 2.66. The van der Waals surface area contributed by atoms with Crippen LogP contribution in [0.3, 0.4) is 0 Å². The highest BCUT2D eigenvalue weighted by Crippen LogP contribution is 2.56. The van der Waals surface area contributed by atoms with Crippen molar-refractivity contribution in [1.29, 1.82) is 0 Å². The fraction of sp³-hybridized carbons (Fsp3) is 0.684. The summed E-state index contributed by atoms with van der Waals surface area (Å²) in [4.78, 5) is 0. The maximum absolute atomic E-state index is 6.49. The Kier molecular flexibility index (Phi) is 4.09. The average molecular weight is 304 g/mol. The summed E-state index contributed by atoms with van der Waals surface area (Å²) in [6.07, 6.45) is 2.16. The van der Waals surface area contributed by atoms with Crippen molar-refractivity contribution in [2.75, 3.05) is 7.11 Å². The Hall–Kier alpha value is -0.900. The molecule has 3 rings (SSSR count). The molecule has 0 radical (unpaired) electrons. The minimum atomic E-state index is -0.229. The van der Waals surface area contributed by atoms with Gasteiger partial charge in [0.15, 0.2) is 0 Å². The van der Waals surface area contributed by atoms with E-state index >= 15 is 0 Å². The number of methoxy groups -OCH3 is 1. The Morgan fingerprint density at radius 1 is 1.23 bits per heavy atom. The van der Waals surface area contributed by atoms with E-state index in [2.05, 4.69) is 52.0 Å². The first-order valence-electron chi connectivity index (χ1n) is 8.30. The third-order valence-corrected chi connectivity index (χ3v) is 5.71. The molecule has 0 unspecified atom stereocenters. The van der Waals surface area contributed by atoms with E-state index < -0.39 is 0 Å². The van der Waals surface area contributed by atoms with Gasteiger partial charge in [-0.1, -0.05) is 38.1 Å². The Morgan fingerprint density at radius 3 is 2.59 bits per heavy atom. The zero-order valence-corrected chi connectivity index (χ0v) is 14.4. The summed E-state index contributed by atoms with van der Waals surface area (Å²) in [5.74, 6) is 0.423. The highest BCUT2D eigenvalue weighted by atomic mass is 16.6. The second kappa shape index (κ2) is 5.63. The SMILES string of the molecule is CO[C@H]1C[C@]2(C)O[C@@]1(C(C)C)C[C@H]2OCc1ccccc1C. The number of rotatable bonds is 5. The van der Waals surface area contributed by atoms with Crippen LogP contribution in [0.1, 0.15) is 44.7 Å². The summed E-state index contributed by atoms with van der Waals surface area (Å²) in [5, 5.41) is 0. The van der Waals surface area contributed by atoms with Crippen molar-refractivity contribution in [3.05, 3.63) is 35.4 Å².